The average Bonchev–Trinajstić information content (AvgIpc) is 3.46. The molecule has 3 aromatic heterocycles. The van der Waals surface area contributed by atoms with Gasteiger partial charge in [0.25, 0.3) is 5.91 Å². The van der Waals surface area contributed by atoms with Crippen LogP contribution in [0.1, 0.15) is 15.9 Å². The van der Waals surface area contributed by atoms with Gasteiger partial charge in [0.2, 0.25) is 5.95 Å². The second-order valence-corrected chi connectivity index (χ2v) is 10.1. The first-order chi connectivity index (χ1) is 20.2. The number of benzene rings is 2. The number of alkyl halides is 3. The Balaban J connectivity index is 1.35. The van der Waals surface area contributed by atoms with E-state index in [1.807, 2.05) is 24.3 Å². The molecule has 0 spiro atoms. The minimum atomic E-state index is -4.55. The van der Waals surface area contributed by atoms with Gasteiger partial charge in [-0.15, -0.1) is 0 Å². The Labute approximate surface area is 239 Å². The monoisotopic (exact) mass is 572 g/mol. The number of piperazine rings is 1. The van der Waals surface area contributed by atoms with Crippen molar-refractivity contribution in [2.45, 2.75) is 6.18 Å². The zero-order valence-corrected chi connectivity index (χ0v) is 22.6. The molecular formula is C30H27F3N8O. The summed E-state index contributed by atoms with van der Waals surface area (Å²) in [5.74, 6) is -0.305. The highest BCUT2D eigenvalue weighted by Gasteiger charge is 2.31. The molecule has 1 fully saturated rings. The first-order valence-electron chi connectivity index (χ1n) is 13.3. The summed E-state index contributed by atoms with van der Waals surface area (Å²) in [6.45, 7) is 3.34. The van der Waals surface area contributed by atoms with Crippen molar-refractivity contribution in [2.75, 3.05) is 48.8 Å². The molecule has 1 aliphatic rings. The lowest BCUT2D eigenvalue weighted by Gasteiger charge is -2.35. The molecule has 0 atom stereocenters. The number of carbonyl (C=O) groups is 1. The summed E-state index contributed by atoms with van der Waals surface area (Å²) < 4.78 is 39.6. The van der Waals surface area contributed by atoms with Crippen LogP contribution in [0.3, 0.4) is 0 Å². The SMILES string of the molecule is CN1CCN(c2ccc(NC(=O)c3cccc(C(F)(F)F)c3)cc2Nc2nc(-c3cccnc3)c3[nH]ccc3n2)CC1. The van der Waals surface area contributed by atoms with Crippen LogP contribution in [-0.2, 0) is 6.18 Å². The van der Waals surface area contributed by atoms with Gasteiger partial charge < -0.3 is 25.4 Å². The number of aromatic nitrogens is 4. The molecule has 1 aliphatic heterocycles. The topological polar surface area (TPSA) is 102 Å². The predicted molar refractivity (Wildman–Crippen MR) is 156 cm³/mol. The number of nitrogens with zero attached hydrogens (tertiary/aromatic N) is 5. The summed E-state index contributed by atoms with van der Waals surface area (Å²) in [6, 6.07) is 15.3. The van der Waals surface area contributed by atoms with Crippen molar-refractivity contribution < 1.29 is 18.0 Å². The second-order valence-electron chi connectivity index (χ2n) is 10.1. The zero-order valence-electron chi connectivity index (χ0n) is 22.6. The molecule has 214 valence electrons. The van der Waals surface area contributed by atoms with Crippen molar-refractivity contribution >= 4 is 40.0 Å². The number of carbonyl (C=O) groups excluding carboxylic acids is 1. The first kappa shape index (κ1) is 27.2. The number of pyridine rings is 1. The minimum absolute atomic E-state index is 0.0927. The van der Waals surface area contributed by atoms with Gasteiger partial charge in [0.1, 0.15) is 5.69 Å². The van der Waals surface area contributed by atoms with Crippen molar-refractivity contribution in [3.63, 3.8) is 0 Å². The van der Waals surface area contributed by atoms with E-state index in [9.17, 15) is 18.0 Å². The predicted octanol–water partition coefficient (Wildman–Crippen LogP) is 5.79. The number of aromatic amines is 1. The van der Waals surface area contributed by atoms with E-state index in [0.717, 1.165) is 55.1 Å². The minimum Gasteiger partial charge on any atom is -0.367 e. The number of fused-ring (bicyclic) bond motifs is 1. The number of amides is 1. The van der Waals surface area contributed by atoms with Crippen LogP contribution in [-0.4, -0.2) is 64.0 Å². The number of hydrogen-bond acceptors (Lipinski definition) is 7. The molecule has 1 amide bonds. The van der Waals surface area contributed by atoms with Crippen LogP contribution in [0.15, 0.2) is 79.3 Å². The van der Waals surface area contributed by atoms with Crippen LogP contribution in [0.4, 0.5) is 36.2 Å². The number of nitrogens with one attached hydrogen (secondary N) is 3. The first-order valence-corrected chi connectivity index (χ1v) is 13.3. The summed E-state index contributed by atoms with van der Waals surface area (Å²) >= 11 is 0. The van der Waals surface area contributed by atoms with Crippen LogP contribution in [0.25, 0.3) is 22.3 Å². The summed E-state index contributed by atoms with van der Waals surface area (Å²) in [5.41, 5.74) is 3.95. The average molecular weight is 573 g/mol. The molecular weight excluding hydrogens is 545 g/mol. The fraction of sp³-hybridized carbons (Fsp3) is 0.200. The van der Waals surface area contributed by atoms with E-state index in [0.29, 0.717) is 28.5 Å². The van der Waals surface area contributed by atoms with Gasteiger partial charge in [-0.1, -0.05) is 6.07 Å². The third-order valence-electron chi connectivity index (χ3n) is 7.14. The van der Waals surface area contributed by atoms with Crippen molar-refractivity contribution in [1.29, 1.82) is 0 Å². The molecule has 5 aromatic rings. The summed E-state index contributed by atoms with van der Waals surface area (Å²) in [5, 5.41) is 6.08. The van der Waals surface area contributed by atoms with Crippen LogP contribution in [0.2, 0.25) is 0 Å². The van der Waals surface area contributed by atoms with E-state index in [1.54, 1.807) is 30.7 Å². The molecule has 0 saturated carbocycles. The molecule has 9 nitrogen and oxygen atoms in total. The largest absolute Gasteiger partial charge is 0.416 e. The third kappa shape index (κ3) is 5.75. The maximum Gasteiger partial charge on any atom is 0.416 e. The van der Waals surface area contributed by atoms with E-state index in [1.165, 1.54) is 12.1 Å². The lowest BCUT2D eigenvalue weighted by atomic mass is 10.1. The van der Waals surface area contributed by atoms with Gasteiger partial charge in [0, 0.05) is 61.6 Å². The standard InChI is InChI=1S/C30H27F3N8O/c1-40-12-14-41(15-13-40)25-8-7-22(36-28(42)19-4-2-6-21(16-19)30(31,32)33)17-24(25)38-29-37-23-9-11-35-27(23)26(39-29)20-5-3-10-34-18-20/h2-11,16-18,35H,12-15H2,1H3,(H,36,42)(H,37,38,39). The molecule has 0 radical (unpaired) electrons. The fourth-order valence-electron chi connectivity index (χ4n) is 4.91. The zero-order chi connectivity index (χ0) is 29.3. The van der Waals surface area contributed by atoms with E-state index >= 15 is 0 Å². The molecule has 2 aromatic carbocycles. The van der Waals surface area contributed by atoms with E-state index in [4.69, 9.17) is 9.97 Å². The molecule has 0 unspecified atom stereocenters. The van der Waals surface area contributed by atoms with Crippen molar-refractivity contribution in [3.05, 3.63) is 90.4 Å². The second kappa shape index (κ2) is 11.1. The number of H-pyrrole nitrogens is 1. The van der Waals surface area contributed by atoms with Crippen molar-refractivity contribution in [1.82, 2.24) is 24.8 Å². The summed E-state index contributed by atoms with van der Waals surface area (Å²) in [7, 11) is 2.07. The van der Waals surface area contributed by atoms with Crippen molar-refractivity contribution in [2.24, 2.45) is 0 Å². The molecule has 0 aliphatic carbocycles. The fourth-order valence-corrected chi connectivity index (χ4v) is 4.91. The van der Waals surface area contributed by atoms with Crippen LogP contribution in [0, 0.1) is 0 Å². The third-order valence-corrected chi connectivity index (χ3v) is 7.14. The number of likely N-dealkylation sites (N-methyl/N-ethyl adjacent to an activating group) is 1. The van der Waals surface area contributed by atoms with Crippen molar-refractivity contribution in [3.8, 4) is 11.3 Å². The van der Waals surface area contributed by atoms with E-state index in [-0.39, 0.29) is 5.56 Å². The molecule has 6 rings (SSSR count). The Kier molecular flexibility index (Phi) is 7.21. The molecule has 0 bridgehead atoms. The van der Waals surface area contributed by atoms with Gasteiger partial charge in [-0.3, -0.25) is 9.78 Å². The highest BCUT2D eigenvalue weighted by molar-refractivity contribution is 6.05. The van der Waals surface area contributed by atoms with Crippen LogP contribution < -0.4 is 15.5 Å². The maximum atomic E-state index is 13.2. The number of halogens is 3. The Bertz CT molecular complexity index is 1730. The maximum absolute atomic E-state index is 13.2. The van der Waals surface area contributed by atoms with Gasteiger partial charge >= 0.3 is 6.18 Å². The summed E-state index contributed by atoms with van der Waals surface area (Å²) in [4.78, 5) is 34.3. The Morgan fingerprint density at radius 3 is 2.57 bits per heavy atom. The molecule has 1 saturated heterocycles. The van der Waals surface area contributed by atoms with Gasteiger partial charge in [-0.25, -0.2) is 9.97 Å². The van der Waals surface area contributed by atoms with Crippen LogP contribution in [0.5, 0.6) is 0 Å². The summed E-state index contributed by atoms with van der Waals surface area (Å²) in [6.07, 6.45) is 0.665. The normalized spacial score (nSPS) is 14.2. The number of anilines is 4. The molecule has 3 N–H and O–H groups in total. The van der Waals surface area contributed by atoms with E-state index in [2.05, 4.69) is 37.4 Å². The molecule has 12 heteroatoms. The van der Waals surface area contributed by atoms with Crippen LogP contribution >= 0.6 is 0 Å². The Hall–Kier alpha value is -4.97. The van der Waals surface area contributed by atoms with Gasteiger partial charge in [0.05, 0.1) is 28.0 Å². The number of rotatable bonds is 6. The highest BCUT2D eigenvalue weighted by atomic mass is 19.4. The quantitative estimate of drug-likeness (QED) is 0.237. The highest BCUT2D eigenvalue weighted by Crippen LogP contribution is 2.34. The Morgan fingerprint density at radius 1 is 0.976 bits per heavy atom. The van der Waals surface area contributed by atoms with Gasteiger partial charge in [0.15, 0.2) is 0 Å². The smallest absolute Gasteiger partial charge is 0.367 e. The molecule has 42 heavy (non-hydrogen) atoms. The van der Waals surface area contributed by atoms with Gasteiger partial charge in [-0.2, -0.15) is 13.2 Å². The van der Waals surface area contributed by atoms with Gasteiger partial charge in [-0.05, 0) is 61.6 Å². The lowest BCUT2D eigenvalue weighted by Crippen LogP contribution is -2.44. The lowest BCUT2D eigenvalue weighted by molar-refractivity contribution is -0.137. The molecule has 4 heterocycles. The Morgan fingerprint density at radius 2 is 1.81 bits per heavy atom. The van der Waals surface area contributed by atoms with E-state index < -0.39 is 17.6 Å². The number of hydrogen-bond donors (Lipinski definition) is 3.